The summed E-state index contributed by atoms with van der Waals surface area (Å²) >= 11 is 1.71. The van der Waals surface area contributed by atoms with Crippen molar-refractivity contribution in [3.8, 4) is 11.1 Å². The van der Waals surface area contributed by atoms with Crippen molar-refractivity contribution in [2.75, 3.05) is 13.2 Å². The molecule has 0 atom stereocenters. The van der Waals surface area contributed by atoms with Crippen LogP contribution in [0.4, 0.5) is 4.79 Å². The van der Waals surface area contributed by atoms with Gasteiger partial charge in [0.2, 0.25) is 0 Å². The number of alkyl carbamates (subject to hydrolysis) is 1. The van der Waals surface area contributed by atoms with Crippen LogP contribution in [0.3, 0.4) is 0 Å². The van der Waals surface area contributed by atoms with Crippen molar-refractivity contribution in [2.45, 2.75) is 44.8 Å². The van der Waals surface area contributed by atoms with Crippen molar-refractivity contribution in [3.63, 3.8) is 0 Å². The Morgan fingerprint density at radius 2 is 1.56 bits per heavy atom. The van der Waals surface area contributed by atoms with E-state index in [2.05, 4.69) is 59.2 Å². The second-order valence-electron chi connectivity index (χ2n) is 11.2. The molecule has 0 spiro atoms. The molecule has 4 aromatic rings. The first kappa shape index (κ1) is 25.9. The minimum absolute atomic E-state index is 0.0115. The largest absolute Gasteiger partial charge is 0.492 e. The molecule has 2 heterocycles. The minimum atomic E-state index is -0.585. The van der Waals surface area contributed by atoms with E-state index in [-0.39, 0.29) is 19.1 Å². The minimum Gasteiger partial charge on any atom is -0.449 e. The number of thiophene rings is 1. The Labute approximate surface area is 233 Å². The number of carbonyl (C=O) groups excluding carboxylic acids is 1. The third kappa shape index (κ3) is 4.80. The third-order valence-electron chi connectivity index (χ3n) is 8.21. The summed E-state index contributed by atoms with van der Waals surface area (Å²) in [4.78, 5) is 13.0. The molecule has 1 fully saturated rings. The molecule has 0 radical (unpaired) electrons. The van der Waals surface area contributed by atoms with Gasteiger partial charge in [0, 0.05) is 17.2 Å². The smallest absolute Gasteiger partial charge is 0.449 e. The van der Waals surface area contributed by atoms with Gasteiger partial charge < -0.3 is 19.4 Å². The van der Waals surface area contributed by atoms with Gasteiger partial charge in [0.1, 0.15) is 6.61 Å². The molecule has 1 aliphatic heterocycles. The molecule has 1 amide bonds. The fourth-order valence-corrected chi connectivity index (χ4v) is 6.18. The summed E-state index contributed by atoms with van der Waals surface area (Å²) in [6.45, 7) is 8.64. The van der Waals surface area contributed by atoms with E-state index in [9.17, 15) is 4.79 Å². The van der Waals surface area contributed by atoms with Crippen LogP contribution in [0.25, 0.3) is 27.3 Å². The van der Waals surface area contributed by atoms with Crippen LogP contribution in [-0.4, -0.2) is 37.6 Å². The Bertz CT molecular complexity index is 1510. The van der Waals surface area contributed by atoms with Gasteiger partial charge in [0.05, 0.1) is 11.2 Å². The maximum absolute atomic E-state index is 13.0. The van der Waals surface area contributed by atoms with Gasteiger partial charge in [-0.2, -0.15) is 0 Å². The van der Waals surface area contributed by atoms with Crippen LogP contribution in [0.15, 0.2) is 83.6 Å². The molecule has 39 heavy (non-hydrogen) atoms. The zero-order chi connectivity index (χ0) is 27.2. The van der Waals surface area contributed by atoms with E-state index in [4.69, 9.17) is 14.0 Å². The zero-order valence-electron chi connectivity index (χ0n) is 22.7. The molecule has 6 rings (SSSR count). The van der Waals surface area contributed by atoms with Crippen molar-refractivity contribution < 1.29 is 18.8 Å². The summed E-state index contributed by atoms with van der Waals surface area (Å²) in [5.74, 6) is 0.0115. The van der Waals surface area contributed by atoms with Crippen molar-refractivity contribution in [3.05, 3.63) is 100 Å². The molecule has 5 nitrogen and oxygen atoms in total. The predicted octanol–water partition coefficient (Wildman–Crippen LogP) is 7.45. The average molecular weight is 537 g/mol. The van der Waals surface area contributed by atoms with Crippen molar-refractivity contribution in [2.24, 2.45) is 0 Å². The van der Waals surface area contributed by atoms with E-state index in [0.29, 0.717) is 0 Å². The summed E-state index contributed by atoms with van der Waals surface area (Å²) in [6, 6.07) is 25.0. The molecule has 1 N–H and O–H groups in total. The Balaban J connectivity index is 1.20. The number of amides is 1. The number of hydrogen-bond acceptors (Lipinski definition) is 5. The first-order chi connectivity index (χ1) is 18.7. The van der Waals surface area contributed by atoms with Crippen LogP contribution in [-0.2, 0) is 14.0 Å². The fourth-order valence-electron chi connectivity index (χ4n) is 5.36. The fraction of sp³-hybridized carbons (Fsp3) is 0.281. The van der Waals surface area contributed by atoms with Gasteiger partial charge in [-0.15, -0.1) is 11.3 Å². The normalized spacial score (nSPS) is 17.7. The molecule has 0 unspecified atom stereocenters. The number of rotatable bonds is 6. The number of hydrogen-bond donors (Lipinski definition) is 1. The highest BCUT2D eigenvalue weighted by Crippen LogP contribution is 2.44. The van der Waals surface area contributed by atoms with Crippen LogP contribution >= 0.6 is 11.3 Å². The lowest BCUT2D eigenvalue weighted by Gasteiger charge is -2.32. The van der Waals surface area contributed by atoms with E-state index in [0.717, 1.165) is 16.4 Å². The van der Waals surface area contributed by atoms with Crippen LogP contribution in [0, 0.1) is 0 Å². The summed E-state index contributed by atoms with van der Waals surface area (Å²) < 4.78 is 19.7. The summed E-state index contributed by atoms with van der Waals surface area (Å²) in [6.07, 6.45) is 1.61. The van der Waals surface area contributed by atoms with Crippen LogP contribution in [0.5, 0.6) is 0 Å². The first-order valence-electron chi connectivity index (χ1n) is 13.3. The highest BCUT2D eigenvalue weighted by atomic mass is 32.1. The summed E-state index contributed by atoms with van der Waals surface area (Å²) in [5.41, 5.74) is 5.70. The maximum atomic E-state index is 13.0. The van der Waals surface area contributed by atoms with Gasteiger partial charge in [-0.25, -0.2) is 4.79 Å². The van der Waals surface area contributed by atoms with E-state index < -0.39 is 24.4 Å². The first-order valence-corrected chi connectivity index (χ1v) is 14.2. The van der Waals surface area contributed by atoms with Gasteiger partial charge in [0.15, 0.2) is 0 Å². The Morgan fingerprint density at radius 1 is 0.923 bits per heavy atom. The standard InChI is InChI=1S/C32H32BNO4S/c1-31(2)32(3,4)38-33(37-31)22(18-21-10-9-15-29-23(21)16-17-39-29)19-34-30(35)36-20-28-26-13-7-5-11-24(26)25-12-6-8-14-27(25)28/h5-18,28H,19-20H2,1-4H3,(H,34,35). The van der Waals surface area contributed by atoms with Crippen LogP contribution in [0.2, 0.25) is 0 Å². The Kier molecular flexibility index (Phi) is 6.62. The lowest BCUT2D eigenvalue weighted by atomic mass is 9.76. The summed E-state index contributed by atoms with van der Waals surface area (Å²) in [7, 11) is -0.585. The van der Waals surface area contributed by atoms with E-state index >= 15 is 0 Å². The van der Waals surface area contributed by atoms with Gasteiger partial charge >= 0.3 is 13.2 Å². The number of ether oxygens (including phenoxy) is 1. The van der Waals surface area contributed by atoms with E-state index in [1.165, 1.54) is 27.0 Å². The molecule has 1 aliphatic carbocycles. The highest BCUT2D eigenvalue weighted by Gasteiger charge is 2.52. The highest BCUT2D eigenvalue weighted by molar-refractivity contribution is 7.17. The Morgan fingerprint density at radius 3 is 2.23 bits per heavy atom. The lowest BCUT2D eigenvalue weighted by Crippen LogP contribution is -2.41. The average Bonchev–Trinajstić information content (AvgIpc) is 3.58. The molecule has 3 aromatic carbocycles. The van der Waals surface area contributed by atoms with E-state index in [1.807, 2.05) is 58.0 Å². The second kappa shape index (κ2) is 9.98. The van der Waals surface area contributed by atoms with Gasteiger partial charge in [-0.3, -0.25) is 0 Å². The number of fused-ring (bicyclic) bond motifs is 4. The molecule has 0 saturated carbocycles. The van der Waals surface area contributed by atoms with Crippen LogP contribution in [0.1, 0.15) is 50.3 Å². The second-order valence-corrected chi connectivity index (χ2v) is 12.1. The predicted molar refractivity (Wildman–Crippen MR) is 159 cm³/mol. The molecule has 2 aliphatic rings. The molecule has 198 valence electrons. The topological polar surface area (TPSA) is 56.8 Å². The van der Waals surface area contributed by atoms with Gasteiger partial charge in [-0.1, -0.05) is 66.7 Å². The SMILES string of the molecule is CC1(C)OB(C(=Cc2cccc3sccc23)CNC(=O)OCC2c3ccccc3-c3ccccc32)OC1(C)C. The Hall–Kier alpha value is -3.39. The van der Waals surface area contributed by atoms with E-state index in [1.54, 1.807) is 11.3 Å². The molecule has 1 saturated heterocycles. The van der Waals surface area contributed by atoms with Crippen LogP contribution < -0.4 is 5.32 Å². The quantitative estimate of drug-likeness (QED) is 0.260. The maximum Gasteiger partial charge on any atom is 0.492 e. The monoisotopic (exact) mass is 537 g/mol. The van der Waals surface area contributed by atoms with Crippen molar-refractivity contribution in [1.29, 1.82) is 0 Å². The number of carbonyl (C=O) groups is 1. The number of benzene rings is 3. The lowest BCUT2D eigenvalue weighted by molar-refractivity contribution is 0.00578. The number of nitrogens with one attached hydrogen (secondary N) is 1. The summed E-state index contributed by atoms with van der Waals surface area (Å²) in [5, 5.41) is 6.21. The molecular formula is C32H32BNO4S. The van der Waals surface area contributed by atoms with Gasteiger partial charge in [0.25, 0.3) is 0 Å². The molecular weight excluding hydrogens is 505 g/mol. The van der Waals surface area contributed by atoms with Gasteiger partial charge in [-0.05, 0) is 83.9 Å². The zero-order valence-corrected chi connectivity index (χ0v) is 23.5. The molecule has 7 heteroatoms. The third-order valence-corrected chi connectivity index (χ3v) is 9.09. The molecule has 0 bridgehead atoms. The molecule has 1 aromatic heterocycles. The van der Waals surface area contributed by atoms with Crippen molar-refractivity contribution in [1.82, 2.24) is 5.32 Å². The van der Waals surface area contributed by atoms with Crippen molar-refractivity contribution >= 4 is 40.7 Å².